The van der Waals surface area contributed by atoms with Gasteiger partial charge in [-0.15, -0.1) is 0 Å². The Balaban J connectivity index is 1.59. The molecule has 4 heterocycles. The molecule has 1 fully saturated rings. The number of nitrogens with zero attached hydrogens (tertiary/aromatic N) is 4. The summed E-state index contributed by atoms with van der Waals surface area (Å²) in [5.74, 6) is 0.277. The van der Waals surface area contributed by atoms with Gasteiger partial charge in [-0.25, -0.2) is 9.50 Å². The van der Waals surface area contributed by atoms with Crippen LogP contribution in [0.1, 0.15) is 25.0 Å². The molecule has 0 saturated carbocycles. The van der Waals surface area contributed by atoms with E-state index in [0.29, 0.717) is 12.5 Å². The third-order valence-corrected chi connectivity index (χ3v) is 5.47. The van der Waals surface area contributed by atoms with Crippen LogP contribution in [0, 0.1) is 0 Å². The van der Waals surface area contributed by atoms with E-state index in [1.807, 2.05) is 33.9 Å². The molecule has 1 aromatic carbocycles. The molecule has 2 aliphatic heterocycles. The molecule has 3 aromatic rings. The third kappa shape index (κ3) is 2.62. The van der Waals surface area contributed by atoms with Crippen LogP contribution in [-0.4, -0.2) is 44.5 Å². The van der Waals surface area contributed by atoms with E-state index in [0.717, 1.165) is 60.5 Å². The van der Waals surface area contributed by atoms with Crippen molar-refractivity contribution in [3.8, 4) is 11.1 Å². The van der Waals surface area contributed by atoms with Gasteiger partial charge in [0.1, 0.15) is 0 Å². The van der Waals surface area contributed by atoms with Gasteiger partial charge in [-0.3, -0.25) is 4.79 Å². The van der Waals surface area contributed by atoms with E-state index >= 15 is 0 Å². The summed E-state index contributed by atoms with van der Waals surface area (Å²) in [6.45, 7) is 1.51. The molecule has 1 unspecified atom stereocenters. The monoisotopic (exact) mass is 347 g/mol. The zero-order chi connectivity index (χ0) is 17.5. The number of anilines is 1. The fourth-order valence-electron chi connectivity index (χ4n) is 4.08. The van der Waals surface area contributed by atoms with E-state index in [1.54, 1.807) is 0 Å². The molecular formula is C20H21N5O. The molecule has 5 rings (SSSR count). The Morgan fingerprint density at radius 2 is 2.08 bits per heavy atom. The second-order valence-corrected chi connectivity index (χ2v) is 7.07. The minimum absolute atomic E-state index is 0.277. The van der Waals surface area contributed by atoms with Crippen molar-refractivity contribution >= 4 is 17.2 Å². The highest BCUT2D eigenvalue weighted by atomic mass is 16.2. The first-order valence-corrected chi connectivity index (χ1v) is 9.25. The Hall–Kier alpha value is -2.89. The molecule has 0 spiro atoms. The summed E-state index contributed by atoms with van der Waals surface area (Å²) in [4.78, 5) is 19.2. The Labute approximate surface area is 151 Å². The Morgan fingerprint density at radius 1 is 1.15 bits per heavy atom. The molecule has 26 heavy (non-hydrogen) atoms. The number of fused-ring (bicyclic) bond motifs is 5. The number of rotatable bonds is 0. The van der Waals surface area contributed by atoms with Gasteiger partial charge in [0.2, 0.25) is 5.91 Å². The Kier molecular flexibility index (Phi) is 3.62. The number of hydrogen-bond acceptors (Lipinski definition) is 4. The van der Waals surface area contributed by atoms with Crippen LogP contribution in [-0.2, 0) is 11.2 Å². The van der Waals surface area contributed by atoms with Crippen LogP contribution in [0.5, 0.6) is 0 Å². The van der Waals surface area contributed by atoms with Gasteiger partial charge < -0.3 is 10.2 Å². The van der Waals surface area contributed by atoms with Gasteiger partial charge in [0.05, 0.1) is 6.20 Å². The van der Waals surface area contributed by atoms with Gasteiger partial charge in [0.25, 0.3) is 0 Å². The number of aryl methyl sites for hydroxylation is 1. The van der Waals surface area contributed by atoms with E-state index in [-0.39, 0.29) is 5.91 Å². The van der Waals surface area contributed by atoms with E-state index < -0.39 is 0 Å². The molecular weight excluding hydrogens is 326 g/mol. The molecule has 1 atom stereocenters. The van der Waals surface area contributed by atoms with Crippen molar-refractivity contribution in [1.29, 1.82) is 0 Å². The highest BCUT2D eigenvalue weighted by Crippen LogP contribution is 2.27. The standard InChI is InChI=1S/C20H21N5O/c26-19-7-6-17-5-4-15-8-10-25-20(23-15)18(13-22-25)14-2-1-3-16(12-14)21-9-11-24(17)19/h1-3,8,10,12-13,17,21H,4-7,9,11H2. The van der Waals surface area contributed by atoms with Crippen molar-refractivity contribution < 1.29 is 4.79 Å². The molecule has 1 saturated heterocycles. The zero-order valence-corrected chi connectivity index (χ0v) is 14.6. The zero-order valence-electron chi connectivity index (χ0n) is 14.6. The van der Waals surface area contributed by atoms with Gasteiger partial charge in [0, 0.05) is 48.7 Å². The van der Waals surface area contributed by atoms with Crippen LogP contribution in [0.3, 0.4) is 0 Å². The lowest BCUT2D eigenvalue weighted by Crippen LogP contribution is -2.37. The average Bonchev–Trinajstić information content (AvgIpc) is 3.23. The maximum absolute atomic E-state index is 12.3. The summed E-state index contributed by atoms with van der Waals surface area (Å²) < 4.78 is 1.83. The first-order chi connectivity index (χ1) is 12.8. The molecule has 2 aliphatic rings. The number of carbonyl (C=O) groups is 1. The van der Waals surface area contributed by atoms with Crippen LogP contribution < -0.4 is 5.32 Å². The van der Waals surface area contributed by atoms with Crippen molar-refractivity contribution in [2.45, 2.75) is 31.7 Å². The number of amides is 1. The van der Waals surface area contributed by atoms with Crippen LogP contribution in [0.25, 0.3) is 16.8 Å². The Bertz CT molecular complexity index is 979. The van der Waals surface area contributed by atoms with Crippen molar-refractivity contribution in [2.24, 2.45) is 0 Å². The molecule has 0 radical (unpaired) electrons. The molecule has 4 bridgehead atoms. The van der Waals surface area contributed by atoms with E-state index in [1.165, 1.54) is 0 Å². The lowest BCUT2D eigenvalue weighted by molar-refractivity contribution is -0.128. The normalized spacial score (nSPS) is 20.1. The Morgan fingerprint density at radius 3 is 3.04 bits per heavy atom. The topological polar surface area (TPSA) is 62.5 Å². The van der Waals surface area contributed by atoms with Gasteiger partial charge in [-0.05, 0) is 43.0 Å². The van der Waals surface area contributed by atoms with Gasteiger partial charge in [-0.1, -0.05) is 12.1 Å². The maximum atomic E-state index is 12.3. The molecule has 0 aliphatic carbocycles. The smallest absolute Gasteiger partial charge is 0.222 e. The van der Waals surface area contributed by atoms with Crippen molar-refractivity contribution in [3.05, 3.63) is 48.4 Å². The van der Waals surface area contributed by atoms with Crippen molar-refractivity contribution in [1.82, 2.24) is 19.5 Å². The summed E-state index contributed by atoms with van der Waals surface area (Å²) >= 11 is 0. The number of nitrogens with one attached hydrogen (secondary N) is 1. The SMILES string of the molecule is O=C1CCC2CCc3ccn4ncc(c4n3)-c3cccc(c3)NCCN12. The maximum Gasteiger partial charge on any atom is 0.222 e. The van der Waals surface area contributed by atoms with E-state index in [2.05, 4.69) is 28.6 Å². The van der Waals surface area contributed by atoms with Crippen LogP contribution in [0.4, 0.5) is 5.69 Å². The predicted octanol–water partition coefficient (Wildman–Crippen LogP) is 2.75. The summed E-state index contributed by atoms with van der Waals surface area (Å²) in [6, 6.07) is 10.7. The molecule has 6 heteroatoms. The number of benzene rings is 1. The largest absolute Gasteiger partial charge is 0.383 e. The minimum Gasteiger partial charge on any atom is -0.383 e. The summed E-state index contributed by atoms with van der Waals surface area (Å²) in [5.41, 5.74) is 5.14. The van der Waals surface area contributed by atoms with Crippen LogP contribution in [0.2, 0.25) is 0 Å². The second-order valence-electron chi connectivity index (χ2n) is 7.07. The lowest BCUT2D eigenvalue weighted by atomic mass is 10.1. The highest BCUT2D eigenvalue weighted by Gasteiger charge is 2.30. The molecule has 132 valence electrons. The quantitative estimate of drug-likeness (QED) is 0.679. The average molecular weight is 347 g/mol. The first-order valence-electron chi connectivity index (χ1n) is 9.25. The van der Waals surface area contributed by atoms with E-state index in [4.69, 9.17) is 4.98 Å². The number of hydrogen-bond donors (Lipinski definition) is 1. The van der Waals surface area contributed by atoms with Crippen molar-refractivity contribution in [2.75, 3.05) is 18.4 Å². The second kappa shape index (κ2) is 6.12. The lowest BCUT2D eigenvalue weighted by Gasteiger charge is -2.25. The predicted molar refractivity (Wildman–Crippen MR) is 100.0 cm³/mol. The summed E-state index contributed by atoms with van der Waals surface area (Å²) in [6.07, 6.45) is 7.32. The minimum atomic E-state index is 0.277. The third-order valence-electron chi connectivity index (χ3n) is 5.47. The molecule has 1 N–H and O–H groups in total. The van der Waals surface area contributed by atoms with Gasteiger partial charge in [0.15, 0.2) is 5.65 Å². The number of aromatic nitrogens is 3. The number of carbonyl (C=O) groups excluding carboxylic acids is 1. The van der Waals surface area contributed by atoms with Gasteiger partial charge >= 0.3 is 0 Å². The molecule has 6 nitrogen and oxygen atoms in total. The first kappa shape index (κ1) is 15.4. The van der Waals surface area contributed by atoms with Gasteiger partial charge in [-0.2, -0.15) is 5.10 Å². The fourth-order valence-corrected chi connectivity index (χ4v) is 4.08. The molecule has 1 amide bonds. The fraction of sp³-hybridized carbons (Fsp3) is 0.350. The van der Waals surface area contributed by atoms with Crippen LogP contribution in [0.15, 0.2) is 42.7 Å². The van der Waals surface area contributed by atoms with E-state index in [9.17, 15) is 4.79 Å². The highest BCUT2D eigenvalue weighted by molar-refractivity contribution is 5.80. The summed E-state index contributed by atoms with van der Waals surface area (Å²) in [7, 11) is 0. The van der Waals surface area contributed by atoms with Crippen molar-refractivity contribution in [3.63, 3.8) is 0 Å². The summed E-state index contributed by atoms with van der Waals surface area (Å²) in [5, 5.41) is 7.91. The van der Waals surface area contributed by atoms with Crippen LogP contribution >= 0.6 is 0 Å². The molecule has 2 aromatic heterocycles.